The molecular weight excluding hydrogens is 388 g/mol. The minimum Gasteiger partial charge on any atom is -0.508 e. The predicted molar refractivity (Wildman–Crippen MR) is 119 cm³/mol. The molecule has 5 rings (SSSR count). The molecule has 6 nitrogen and oxygen atoms in total. The van der Waals surface area contributed by atoms with E-state index in [9.17, 15) is 5.11 Å². The summed E-state index contributed by atoms with van der Waals surface area (Å²) in [5.41, 5.74) is 4.83. The van der Waals surface area contributed by atoms with Gasteiger partial charge in [-0.05, 0) is 52.9 Å². The van der Waals surface area contributed by atoms with Gasteiger partial charge in [0.1, 0.15) is 23.2 Å². The van der Waals surface area contributed by atoms with Crippen molar-refractivity contribution in [3.8, 4) is 5.75 Å². The number of aromatic nitrogens is 3. The number of phenolic OH excluding ortho intramolecular Hbond substituents is 1. The SMILES string of the molecule is Oc1ccc(Cc2nc(Cc3ccc4c(c3)CC=C4)nc(NCc3ccco3)n2)cc1. The number of hydrogen-bond donors (Lipinski definition) is 2. The van der Waals surface area contributed by atoms with Crippen LogP contribution in [0.25, 0.3) is 6.08 Å². The van der Waals surface area contributed by atoms with E-state index in [4.69, 9.17) is 9.40 Å². The Morgan fingerprint density at radius 2 is 1.68 bits per heavy atom. The van der Waals surface area contributed by atoms with Crippen LogP contribution in [0.1, 0.15) is 39.7 Å². The number of phenols is 1. The van der Waals surface area contributed by atoms with Crippen molar-refractivity contribution in [2.75, 3.05) is 5.32 Å². The van der Waals surface area contributed by atoms with Gasteiger partial charge in [-0.3, -0.25) is 0 Å². The molecular formula is C25H22N4O2. The summed E-state index contributed by atoms with van der Waals surface area (Å²) in [5, 5.41) is 12.8. The van der Waals surface area contributed by atoms with E-state index in [0.717, 1.165) is 23.6 Å². The quantitative estimate of drug-likeness (QED) is 0.466. The Morgan fingerprint density at radius 3 is 2.45 bits per heavy atom. The molecule has 0 saturated carbocycles. The highest BCUT2D eigenvalue weighted by Crippen LogP contribution is 2.22. The maximum Gasteiger partial charge on any atom is 0.226 e. The molecule has 31 heavy (non-hydrogen) atoms. The van der Waals surface area contributed by atoms with Gasteiger partial charge in [-0.15, -0.1) is 0 Å². The minimum absolute atomic E-state index is 0.243. The average molecular weight is 410 g/mol. The molecule has 2 aromatic heterocycles. The van der Waals surface area contributed by atoms with Gasteiger partial charge in [0.2, 0.25) is 5.95 Å². The first-order chi connectivity index (χ1) is 15.2. The molecule has 1 aliphatic rings. The predicted octanol–water partition coefficient (Wildman–Crippen LogP) is 4.53. The van der Waals surface area contributed by atoms with Crippen molar-refractivity contribution in [1.82, 2.24) is 15.0 Å². The van der Waals surface area contributed by atoms with E-state index >= 15 is 0 Å². The number of rotatable bonds is 7. The average Bonchev–Trinajstić information content (AvgIpc) is 3.45. The molecule has 0 aliphatic heterocycles. The molecule has 2 aromatic carbocycles. The standard InChI is InChI=1S/C25H22N4O2/c30-21-10-7-17(8-11-21)14-23-27-24(15-18-6-9-19-3-1-4-20(19)13-18)29-25(28-23)26-16-22-5-2-12-31-22/h1-3,5-13,30H,4,14-16H2,(H,26,27,28,29). The lowest BCUT2D eigenvalue weighted by Gasteiger charge is -2.10. The number of nitrogens with one attached hydrogen (secondary N) is 1. The Morgan fingerprint density at radius 1 is 0.903 bits per heavy atom. The maximum atomic E-state index is 9.54. The van der Waals surface area contributed by atoms with Gasteiger partial charge in [0.05, 0.1) is 12.8 Å². The van der Waals surface area contributed by atoms with Crippen LogP contribution in [-0.4, -0.2) is 20.1 Å². The molecule has 4 aromatic rings. The second kappa shape index (κ2) is 8.44. The van der Waals surface area contributed by atoms with E-state index in [-0.39, 0.29) is 5.75 Å². The smallest absolute Gasteiger partial charge is 0.226 e. The van der Waals surface area contributed by atoms with Gasteiger partial charge < -0.3 is 14.8 Å². The first-order valence-electron chi connectivity index (χ1n) is 10.3. The molecule has 154 valence electrons. The number of anilines is 1. The first-order valence-corrected chi connectivity index (χ1v) is 10.3. The van der Waals surface area contributed by atoms with Gasteiger partial charge in [-0.1, -0.05) is 42.5 Å². The monoisotopic (exact) mass is 410 g/mol. The highest BCUT2D eigenvalue weighted by Gasteiger charge is 2.11. The number of allylic oxidation sites excluding steroid dienone is 1. The fourth-order valence-corrected chi connectivity index (χ4v) is 3.69. The molecule has 0 fully saturated rings. The van der Waals surface area contributed by atoms with Crippen molar-refractivity contribution in [3.05, 3.63) is 107 Å². The summed E-state index contributed by atoms with van der Waals surface area (Å²) in [6.45, 7) is 0.500. The highest BCUT2D eigenvalue weighted by molar-refractivity contribution is 5.60. The molecule has 0 saturated heterocycles. The van der Waals surface area contributed by atoms with Crippen LogP contribution in [0.2, 0.25) is 0 Å². The van der Waals surface area contributed by atoms with Crippen molar-refractivity contribution in [1.29, 1.82) is 0 Å². The third-order valence-corrected chi connectivity index (χ3v) is 5.23. The van der Waals surface area contributed by atoms with Crippen molar-refractivity contribution in [2.24, 2.45) is 0 Å². The van der Waals surface area contributed by atoms with Gasteiger partial charge in [0.25, 0.3) is 0 Å². The Bertz CT molecular complexity index is 1220. The number of fused-ring (bicyclic) bond motifs is 1. The van der Waals surface area contributed by atoms with E-state index in [1.807, 2.05) is 24.3 Å². The number of hydrogen-bond acceptors (Lipinski definition) is 6. The molecule has 2 N–H and O–H groups in total. The van der Waals surface area contributed by atoms with Gasteiger partial charge >= 0.3 is 0 Å². The molecule has 0 radical (unpaired) electrons. The Hall–Kier alpha value is -3.93. The maximum absolute atomic E-state index is 9.54. The normalized spacial score (nSPS) is 12.1. The molecule has 0 amide bonds. The molecule has 0 unspecified atom stereocenters. The van der Waals surface area contributed by atoms with Gasteiger partial charge in [0.15, 0.2) is 0 Å². The zero-order valence-corrected chi connectivity index (χ0v) is 17.0. The van der Waals surface area contributed by atoms with Crippen LogP contribution < -0.4 is 5.32 Å². The van der Waals surface area contributed by atoms with Crippen LogP contribution in [0.15, 0.2) is 71.4 Å². The van der Waals surface area contributed by atoms with Crippen LogP contribution in [0.3, 0.4) is 0 Å². The number of benzene rings is 2. The summed E-state index contributed by atoms with van der Waals surface area (Å²) in [7, 11) is 0. The Labute approximate surface area is 180 Å². The molecule has 1 aliphatic carbocycles. The van der Waals surface area contributed by atoms with Gasteiger partial charge in [-0.2, -0.15) is 9.97 Å². The van der Waals surface area contributed by atoms with Gasteiger partial charge in [0, 0.05) is 12.8 Å². The second-order valence-electron chi connectivity index (χ2n) is 7.58. The minimum atomic E-state index is 0.243. The Kier molecular flexibility index (Phi) is 5.19. The molecule has 0 spiro atoms. The van der Waals surface area contributed by atoms with Gasteiger partial charge in [-0.25, -0.2) is 4.98 Å². The molecule has 0 bridgehead atoms. The molecule has 2 heterocycles. The van der Waals surface area contributed by atoms with Crippen LogP contribution >= 0.6 is 0 Å². The van der Waals surface area contributed by atoms with Crippen molar-refractivity contribution < 1.29 is 9.52 Å². The fraction of sp³-hybridized carbons (Fsp3) is 0.160. The third kappa shape index (κ3) is 4.64. The summed E-state index contributed by atoms with van der Waals surface area (Å²) in [6, 6.07) is 17.4. The van der Waals surface area contributed by atoms with Crippen LogP contribution in [0.4, 0.5) is 5.95 Å². The van der Waals surface area contributed by atoms with Crippen molar-refractivity contribution in [2.45, 2.75) is 25.8 Å². The zero-order chi connectivity index (χ0) is 21.0. The van der Waals surface area contributed by atoms with Crippen molar-refractivity contribution >= 4 is 12.0 Å². The third-order valence-electron chi connectivity index (χ3n) is 5.23. The van der Waals surface area contributed by atoms with Crippen LogP contribution in [-0.2, 0) is 25.8 Å². The molecule has 0 atom stereocenters. The zero-order valence-electron chi connectivity index (χ0n) is 17.0. The summed E-state index contributed by atoms with van der Waals surface area (Å²) in [6.07, 6.45) is 8.16. The number of aromatic hydroxyl groups is 1. The topological polar surface area (TPSA) is 84.1 Å². The second-order valence-corrected chi connectivity index (χ2v) is 7.58. The van der Waals surface area contributed by atoms with E-state index < -0.39 is 0 Å². The summed E-state index contributed by atoms with van der Waals surface area (Å²) in [5.74, 6) is 2.98. The lowest BCUT2D eigenvalue weighted by Crippen LogP contribution is -2.11. The Balaban J connectivity index is 1.40. The summed E-state index contributed by atoms with van der Waals surface area (Å²) in [4.78, 5) is 14.0. The highest BCUT2D eigenvalue weighted by atomic mass is 16.3. The lowest BCUT2D eigenvalue weighted by molar-refractivity contribution is 0.475. The van der Waals surface area contributed by atoms with E-state index in [1.165, 1.54) is 16.7 Å². The lowest BCUT2D eigenvalue weighted by atomic mass is 10.0. The summed E-state index contributed by atoms with van der Waals surface area (Å²) >= 11 is 0. The van der Waals surface area contributed by atoms with Crippen molar-refractivity contribution in [3.63, 3.8) is 0 Å². The van der Waals surface area contributed by atoms with Crippen LogP contribution in [0, 0.1) is 0 Å². The summed E-state index contributed by atoms with van der Waals surface area (Å²) < 4.78 is 5.40. The molecule has 6 heteroatoms. The number of nitrogens with zero attached hydrogens (tertiary/aromatic N) is 3. The largest absolute Gasteiger partial charge is 0.508 e. The van der Waals surface area contributed by atoms with E-state index in [2.05, 4.69) is 45.6 Å². The van der Waals surface area contributed by atoms with E-state index in [1.54, 1.807) is 18.4 Å². The van der Waals surface area contributed by atoms with E-state index in [0.29, 0.717) is 31.2 Å². The van der Waals surface area contributed by atoms with Crippen LogP contribution in [0.5, 0.6) is 5.75 Å². The fourth-order valence-electron chi connectivity index (χ4n) is 3.69. The number of furan rings is 1. The first kappa shape index (κ1) is 19.1.